The van der Waals surface area contributed by atoms with Crippen molar-refractivity contribution >= 4 is 27.7 Å². The van der Waals surface area contributed by atoms with Gasteiger partial charge in [0.2, 0.25) is 5.16 Å². The van der Waals surface area contributed by atoms with E-state index in [1.165, 1.54) is 11.1 Å². The fourth-order valence-electron chi connectivity index (χ4n) is 2.95. The van der Waals surface area contributed by atoms with Crippen LogP contribution in [0.1, 0.15) is 30.0 Å². The molecule has 0 atom stereocenters. The molecule has 0 radical (unpaired) electrons. The summed E-state index contributed by atoms with van der Waals surface area (Å²) in [5, 5.41) is 15.8. The number of halogens is 1. The van der Waals surface area contributed by atoms with E-state index in [4.69, 9.17) is 9.47 Å². The van der Waals surface area contributed by atoms with Crippen LogP contribution in [0.15, 0.2) is 46.0 Å². The lowest BCUT2D eigenvalue weighted by Crippen LogP contribution is -2.16. The second-order valence-corrected chi connectivity index (χ2v) is 8.92. The van der Waals surface area contributed by atoms with Crippen LogP contribution in [0, 0.1) is 6.92 Å². The van der Waals surface area contributed by atoms with Crippen LogP contribution in [-0.4, -0.2) is 39.1 Å². The van der Waals surface area contributed by atoms with Crippen LogP contribution < -0.4 is 14.8 Å². The van der Waals surface area contributed by atoms with Crippen molar-refractivity contribution in [2.75, 3.05) is 18.9 Å². The smallest absolute Gasteiger partial charge is 0.209 e. The van der Waals surface area contributed by atoms with Gasteiger partial charge in [-0.05, 0) is 66.1 Å². The summed E-state index contributed by atoms with van der Waals surface area (Å²) in [7, 11) is 1.85. The highest BCUT2D eigenvalue weighted by Gasteiger charge is 2.12. The van der Waals surface area contributed by atoms with Gasteiger partial charge in [0.1, 0.15) is 6.61 Å². The fraction of sp³-hybridized carbons (Fsp3) is 0.409. The number of benzene rings is 2. The molecule has 166 valence electrons. The van der Waals surface area contributed by atoms with Crippen LogP contribution in [0.4, 0.5) is 0 Å². The predicted octanol–water partition coefficient (Wildman–Crippen LogP) is 4.53. The number of rotatable bonds is 12. The van der Waals surface area contributed by atoms with Gasteiger partial charge in [-0.1, -0.05) is 52.0 Å². The first-order valence-corrected chi connectivity index (χ1v) is 12.0. The molecule has 0 aliphatic rings. The first kappa shape index (κ1) is 23.6. The maximum absolute atomic E-state index is 6.10. The second kappa shape index (κ2) is 12.1. The number of hydrogen-bond donors (Lipinski definition) is 1. The molecule has 1 heterocycles. The molecule has 0 aliphatic heterocycles. The van der Waals surface area contributed by atoms with Gasteiger partial charge in [-0.3, -0.25) is 0 Å². The Hall–Kier alpha value is -2.10. The normalized spacial score (nSPS) is 11.0. The van der Waals surface area contributed by atoms with Gasteiger partial charge >= 0.3 is 0 Å². The van der Waals surface area contributed by atoms with Gasteiger partial charge in [0.15, 0.2) is 11.5 Å². The monoisotopic (exact) mass is 505 g/mol. The molecule has 2 aromatic carbocycles. The van der Waals surface area contributed by atoms with E-state index in [1.807, 2.05) is 38.2 Å². The molecule has 0 amide bonds. The Bertz CT molecular complexity index is 982. The van der Waals surface area contributed by atoms with Gasteiger partial charge in [-0.2, -0.15) is 0 Å². The summed E-state index contributed by atoms with van der Waals surface area (Å²) in [6.07, 6.45) is 1.02. The molecule has 9 heteroatoms. The molecule has 0 unspecified atom stereocenters. The Morgan fingerprint density at radius 3 is 2.68 bits per heavy atom. The minimum Gasteiger partial charge on any atom is -0.490 e. The highest BCUT2D eigenvalue weighted by molar-refractivity contribution is 9.10. The number of nitrogens with one attached hydrogen (secondary N) is 1. The number of ether oxygens (including phenoxy) is 2. The maximum atomic E-state index is 6.10. The van der Waals surface area contributed by atoms with E-state index in [0.29, 0.717) is 13.2 Å². The van der Waals surface area contributed by atoms with Crippen molar-refractivity contribution in [2.45, 2.75) is 38.6 Å². The van der Waals surface area contributed by atoms with Crippen molar-refractivity contribution in [2.24, 2.45) is 7.05 Å². The number of tetrazole rings is 1. The molecular formula is C22H28BrN5O2S. The highest BCUT2D eigenvalue weighted by Crippen LogP contribution is 2.34. The van der Waals surface area contributed by atoms with Crippen LogP contribution in [0.25, 0.3) is 0 Å². The lowest BCUT2D eigenvalue weighted by molar-refractivity contribution is 0.268. The molecule has 1 aromatic heterocycles. The molecular weight excluding hydrogens is 478 g/mol. The topological polar surface area (TPSA) is 74.1 Å². The Balaban J connectivity index is 1.52. The summed E-state index contributed by atoms with van der Waals surface area (Å²) in [4.78, 5) is 0. The Kier molecular flexibility index (Phi) is 9.17. The highest BCUT2D eigenvalue weighted by atomic mass is 79.9. The van der Waals surface area contributed by atoms with Gasteiger partial charge < -0.3 is 14.8 Å². The van der Waals surface area contributed by atoms with Gasteiger partial charge in [0.25, 0.3) is 0 Å². The van der Waals surface area contributed by atoms with Crippen LogP contribution in [-0.2, 0) is 20.2 Å². The van der Waals surface area contributed by atoms with Crippen molar-refractivity contribution in [1.29, 1.82) is 0 Å². The number of nitrogens with zero attached hydrogens (tertiary/aromatic N) is 4. The van der Waals surface area contributed by atoms with Crippen LogP contribution in [0.2, 0.25) is 0 Å². The van der Waals surface area contributed by atoms with E-state index in [9.17, 15) is 0 Å². The van der Waals surface area contributed by atoms with Crippen molar-refractivity contribution in [3.63, 3.8) is 0 Å². The van der Waals surface area contributed by atoms with Crippen molar-refractivity contribution in [3.05, 3.63) is 57.6 Å². The van der Waals surface area contributed by atoms with E-state index in [-0.39, 0.29) is 0 Å². The minimum absolute atomic E-state index is 0.509. The van der Waals surface area contributed by atoms with Crippen LogP contribution in [0.3, 0.4) is 0 Å². The molecule has 0 saturated carbocycles. The first-order valence-electron chi connectivity index (χ1n) is 10.3. The SMILES string of the molecule is CCOc1cc(CNCCCSc2nnnn2C)c(Br)cc1OCc1ccccc1C. The molecule has 31 heavy (non-hydrogen) atoms. The van der Waals surface area contributed by atoms with Crippen LogP contribution in [0.5, 0.6) is 11.5 Å². The van der Waals surface area contributed by atoms with E-state index in [1.54, 1.807) is 16.4 Å². The fourth-order valence-corrected chi connectivity index (χ4v) is 4.20. The largest absolute Gasteiger partial charge is 0.490 e. The van der Waals surface area contributed by atoms with Gasteiger partial charge in [-0.15, -0.1) is 5.10 Å². The second-order valence-electron chi connectivity index (χ2n) is 7.00. The molecule has 1 N–H and O–H groups in total. The molecule has 3 aromatic rings. The Morgan fingerprint density at radius 2 is 1.94 bits per heavy atom. The molecule has 0 fully saturated rings. The predicted molar refractivity (Wildman–Crippen MR) is 127 cm³/mol. The van der Waals surface area contributed by atoms with Crippen molar-refractivity contribution in [1.82, 2.24) is 25.5 Å². The summed E-state index contributed by atoms with van der Waals surface area (Å²) in [5.41, 5.74) is 3.52. The summed E-state index contributed by atoms with van der Waals surface area (Å²) in [6.45, 7) is 6.82. The zero-order valence-corrected chi connectivity index (χ0v) is 20.5. The van der Waals surface area contributed by atoms with Crippen molar-refractivity contribution < 1.29 is 9.47 Å². The third kappa shape index (κ3) is 6.95. The van der Waals surface area contributed by atoms with Crippen molar-refractivity contribution in [3.8, 4) is 11.5 Å². The molecule has 0 spiro atoms. The lowest BCUT2D eigenvalue weighted by Gasteiger charge is -2.16. The quantitative estimate of drug-likeness (QED) is 0.286. The van der Waals surface area contributed by atoms with E-state index >= 15 is 0 Å². The first-order chi connectivity index (χ1) is 15.1. The minimum atomic E-state index is 0.509. The standard InChI is InChI=1S/C22H28BrN5O2S/c1-4-29-20-12-18(14-24-10-7-11-31-22-25-26-27-28(22)3)19(23)13-21(20)30-15-17-9-6-5-8-16(17)2/h5-6,8-9,12-13,24H,4,7,10-11,14-15H2,1-3H3. The third-order valence-corrected chi connectivity index (χ3v) is 6.52. The maximum Gasteiger partial charge on any atom is 0.209 e. The number of hydrogen-bond acceptors (Lipinski definition) is 7. The molecule has 0 saturated heterocycles. The summed E-state index contributed by atoms with van der Waals surface area (Å²) in [6, 6.07) is 12.3. The molecule has 7 nitrogen and oxygen atoms in total. The van der Waals surface area contributed by atoms with E-state index < -0.39 is 0 Å². The lowest BCUT2D eigenvalue weighted by atomic mass is 10.1. The van der Waals surface area contributed by atoms with Gasteiger partial charge in [0, 0.05) is 23.8 Å². The van der Waals surface area contributed by atoms with E-state index in [2.05, 4.69) is 55.8 Å². The molecule has 3 rings (SSSR count). The number of aryl methyl sites for hydroxylation is 2. The average molecular weight is 506 g/mol. The number of thioether (sulfide) groups is 1. The number of aromatic nitrogens is 4. The third-order valence-electron chi connectivity index (χ3n) is 4.68. The Labute approximate surface area is 196 Å². The summed E-state index contributed by atoms with van der Waals surface area (Å²) in [5.74, 6) is 2.47. The zero-order valence-electron chi connectivity index (χ0n) is 18.1. The molecule has 0 bridgehead atoms. The summed E-state index contributed by atoms with van der Waals surface area (Å²) < 4.78 is 14.6. The van der Waals surface area contributed by atoms with Crippen LogP contribution >= 0.6 is 27.7 Å². The Morgan fingerprint density at radius 1 is 1.13 bits per heavy atom. The zero-order chi connectivity index (χ0) is 22.1. The average Bonchev–Trinajstić information content (AvgIpc) is 3.17. The van der Waals surface area contributed by atoms with Gasteiger partial charge in [0.05, 0.1) is 6.61 Å². The van der Waals surface area contributed by atoms with Gasteiger partial charge in [-0.25, -0.2) is 4.68 Å². The summed E-state index contributed by atoms with van der Waals surface area (Å²) >= 11 is 5.35. The van der Waals surface area contributed by atoms with E-state index in [0.717, 1.165) is 52.0 Å². The molecule has 0 aliphatic carbocycles.